The molecule has 38 heavy (non-hydrogen) atoms. The SMILES string of the molecule is CCN(c1ccc(C(CC(=O)O)c2ccccc2)cc1NC(=O)Nc1ccc(Cl)cc1F)C1CCOCC1. The Morgan fingerprint density at radius 1 is 1.03 bits per heavy atom. The minimum atomic E-state index is -0.925. The van der Waals surface area contributed by atoms with Crippen molar-refractivity contribution in [3.63, 3.8) is 0 Å². The van der Waals surface area contributed by atoms with Crippen molar-refractivity contribution in [2.75, 3.05) is 35.3 Å². The number of hydrogen-bond donors (Lipinski definition) is 3. The van der Waals surface area contributed by atoms with Gasteiger partial charge >= 0.3 is 12.0 Å². The van der Waals surface area contributed by atoms with Gasteiger partial charge in [-0.15, -0.1) is 0 Å². The van der Waals surface area contributed by atoms with Crippen LogP contribution in [0.3, 0.4) is 0 Å². The highest BCUT2D eigenvalue weighted by Gasteiger charge is 2.25. The van der Waals surface area contributed by atoms with Gasteiger partial charge in [0.1, 0.15) is 5.82 Å². The smallest absolute Gasteiger partial charge is 0.323 e. The maximum absolute atomic E-state index is 14.3. The lowest BCUT2D eigenvalue weighted by atomic mass is 9.88. The average molecular weight is 540 g/mol. The first-order valence-electron chi connectivity index (χ1n) is 12.6. The summed E-state index contributed by atoms with van der Waals surface area (Å²) in [6.45, 7) is 4.07. The van der Waals surface area contributed by atoms with Crippen LogP contribution in [0.15, 0.2) is 66.7 Å². The zero-order valence-corrected chi connectivity index (χ0v) is 21.9. The van der Waals surface area contributed by atoms with Crippen LogP contribution >= 0.6 is 11.6 Å². The third kappa shape index (κ3) is 6.82. The Labute approximate surface area is 226 Å². The summed E-state index contributed by atoms with van der Waals surface area (Å²) in [5, 5.41) is 15.3. The molecule has 0 radical (unpaired) electrons. The molecule has 2 amide bonds. The summed E-state index contributed by atoms with van der Waals surface area (Å²) in [4.78, 5) is 27.0. The first-order chi connectivity index (χ1) is 18.4. The zero-order valence-electron chi connectivity index (χ0n) is 21.1. The van der Waals surface area contributed by atoms with Gasteiger partial charge in [-0.2, -0.15) is 0 Å². The molecule has 0 saturated carbocycles. The molecule has 4 rings (SSSR count). The van der Waals surface area contributed by atoms with Crippen molar-refractivity contribution in [3.05, 3.63) is 88.7 Å². The van der Waals surface area contributed by atoms with Gasteiger partial charge in [-0.05, 0) is 61.2 Å². The van der Waals surface area contributed by atoms with E-state index < -0.39 is 23.7 Å². The fourth-order valence-electron chi connectivity index (χ4n) is 4.90. The van der Waals surface area contributed by atoms with E-state index in [9.17, 15) is 19.1 Å². The van der Waals surface area contributed by atoms with Crippen molar-refractivity contribution in [3.8, 4) is 0 Å². The van der Waals surface area contributed by atoms with Crippen LogP contribution in [0, 0.1) is 5.82 Å². The van der Waals surface area contributed by atoms with E-state index >= 15 is 0 Å². The third-order valence-electron chi connectivity index (χ3n) is 6.71. The van der Waals surface area contributed by atoms with Crippen LogP contribution in [0.25, 0.3) is 0 Å². The molecule has 0 aromatic heterocycles. The number of nitrogens with one attached hydrogen (secondary N) is 2. The molecule has 1 heterocycles. The minimum absolute atomic E-state index is 0.00517. The largest absolute Gasteiger partial charge is 0.481 e. The molecule has 1 aliphatic rings. The second-order valence-electron chi connectivity index (χ2n) is 9.17. The summed E-state index contributed by atoms with van der Waals surface area (Å²) in [5.74, 6) is -1.99. The number of ether oxygens (including phenoxy) is 1. The molecule has 7 nitrogen and oxygen atoms in total. The van der Waals surface area contributed by atoms with Crippen molar-refractivity contribution in [2.24, 2.45) is 0 Å². The molecule has 0 spiro atoms. The zero-order chi connectivity index (χ0) is 27.1. The molecule has 0 aliphatic carbocycles. The van der Waals surface area contributed by atoms with E-state index in [4.69, 9.17) is 16.3 Å². The normalized spacial score (nSPS) is 14.5. The number of amides is 2. The van der Waals surface area contributed by atoms with Gasteiger partial charge in [-0.25, -0.2) is 9.18 Å². The number of carbonyl (C=O) groups excluding carboxylic acids is 1. The number of carboxylic acids is 1. The van der Waals surface area contributed by atoms with Gasteiger partial charge in [0, 0.05) is 36.7 Å². The number of halogens is 2. The van der Waals surface area contributed by atoms with E-state index in [0.717, 1.165) is 35.7 Å². The standard InChI is InChI=1S/C29H31ClFN3O4/c1-2-34(22-12-14-38-15-13-22)27-11-8-20(23(18-28(35)36)19-6-4-3-5-7-19)16-26(27)33-29(37)32-25-10-9-21(30)17-24(25)31/h3-11,16-17,22-23H,2,12-15,18H2,1H3,(H,35,36)(H2,32,33,37). The summed E-state index contributed by atoms with van der Waals surface area (Å²) < 4.78 is 19.9. The molecule has 1 saturated heterocycles. The Morgan fingerprint density at radius 2 is 1.74 bits per heavy atom. The Balaban J connectivity index is 1.71. The van der Waals surface area contributed by atoms with Crippen LogP contribution < -0.4 is 15.5 Å². The minimum Gasteiger partial charge on any atom is -0.481 e. The van der Waals surface area contributed by atoms with Crippen molar-refractivity contribution < 1.29 is 23.8 Å². The van der Waals surface area contributed by atoms with Crippen LogP contribution in [-0.4, -0.2) is 42.9 Å². The molecule has 1 aliphatic heterocycles. The Kier molecular flexibility index (Phi) is 9.20. The lowest BCUT2D eigenvalue weighted by Gasteiger charge is -2.36. The lowest BCUT2D eigenvalue weighted by Crippen LogP contribution is -2.40. The van der Waals surface area contributed by atoms with Crippen molar-refractivity contribution in [2.45, 2.75) is 38.1 Å². The van der Waals surface area contributed by atoms with E-state index in [1.165, 1.54) is 12.1 Å². The molecule has 1 fully saturated rings. The number of anilines is 3. The Hall–Kier alpha value is -3.62. The average Bonchev–Trinajstić information content (AvgIpc) is 2.91. The second-order valence-corrected chi connectivity index (χ2v) is 9.61. The summed E-state index contributed by atoms with van der Waals surface area (Å²) in [7, 11) is 0. The predicted molar refractivity (Wildman–Crippen MR) is 148 cm³/mol. The molecule has 9 heteroatoms. The summed E-state index contributed by atoms with van der Waals surface area (Å²) in [6, 6.07) is 18.7. The van der Waals surface area contributed by atoms with E-state index in [-0.39, 0.29) is 23.2 Å². The molecular formula is C29H31ClFN3O4. The highest BCUT2D eigenvalue weighted by Crippen LogP contribution is 2.36. The number of nitrogens with zero attached hydrogens (tertiary/aromatic N) is 1. The maximum atomic E-state index is 14.3. The number of benzene rings is 3. The Morgan fingerprint density at radius 3 is 2.39 bits per heavy atom. The van der Waals surface area contributed by atoms with Gasteiger partial charge in [0.25, 0.3) is 0 Å². The first-order valence-corrected chi connectivity index (χ1v) is 13.0. The van der Waals surface area contributed by atoms with E-state index in [2.05, 4.69) is 15.5 Å². The molecule has 1 atom stereocenters. The van der Waals surface area contributed by atoms with Crippen LogP contribution in [0.1, 0.15) is 43.2 Å². The summed E-state index contributed by atoms with van der Waals surface area (Å²) in [6.07, 6.45) is 1.59. The molecule has 3 N–H and O–H groups in total. The van der Waals surface area contributed by atoms with Crippen molar-refractivity contribution in [1.29, 1.82) is 0 Å². The number of urea groups is 1. The van der Waals surface area contributed by atoms with Crippen molar-refractivity contribution >= 4 is 40.7 Å². The molecule has 1 unspecified atom stereocenters. The van der Waals surface area contributed by atoms with Gasteiger partial charge in [0.2, 0.25) is 0 Å². The van der Waals surface area contributed by atoms with E-state index in [1.807, 2.05) is 55.5 Å². The fourth-order valence-corrected chi connectivity index (χ4v) is 5.06. The quantitative estimate of drug-likeness (QED) is 0.280. The Bertz CT molecular complexity index is 1270. The van der Waals surface area contributed by atoms with Crippen LogP contribution in [0.5, 0.6) is 0 Å². The predicted octanol–water partition coefficient (Wildman–Crippen LogP) is 6.74. The molecular weight excluding hydrogens is 509 g/mol. The van der Waals surface area contributed by atoms with E-state index in [1.54, 1.807) is 0 Å². The third-order valence-corrected chi connectivity index (χ3v) is 6.95. The molecule has 3 aromatic rings. The monoisotopic (exact) mass is 539 g/mol. The van der Waals surface area contributed by atoms with Gasteiger partial charge < -0.3 is 25.4 Å². The summed E-state index contributed by atoms with van der Waals surface area (Å²) >= 11 is 5.84. The first kappa shape index (κ1) is 27.4. The highest BCUT2D eigenvalue weighted by atomic mass is 35.5. The highest BCUT2D eigenvalue weighted by molar-refractivity contribution is 6.30. The van der Waals surface area contributed by atoms with Crippen LogP contribution in [-0.2, 0) is 9.53 Å². The van der Waals surface area contributed by atoms with Crippen LogP contribution in [0.2, 0.25) is 5.02 Å². The number of aliphatic carboxylic acids is 1. The summed E-state index contributed by atoms with van der Waals surface area (Å²) in [5.41, 5.74) is 2.91. The molecule has 0 bridgehead atoms. The topological polar surface area (TPSA) is 90.9 Å². The van der Waals surface area contributed by atoms with Gasteiger partial charge in [-0.3, -0.25) is 4.79 Å². The van der Waals surface area contributed by atoms with Crippen LogP contribution in [0.4, 0.5) is 26.2 Å². The number of carboxylic acid groups (broad SMARTS) is 1. The van der Waals surface area contributed by atoms with Gasteiger partial charge in [0.15, 0.2) is 0 Å². The van der Waals surface area contributed by atoms with Crippen molar-refractivity contribution in [1.82, 2.24) is 0 Å². The number of rotatable bonds is 9. The van der Waals surface area contributed by atoms with Gasteiger partial charge in [0.05, 0.1) is 23.5 Å². The lowest BCUT2D eigenvalue weighted by molar-refractivity contribution is -0.137. The molecule has 3 aromatic carbocycles. The van der Waals surface area contributed by atoms with Gasteiger partial charge in [-0.1, -0.05) is 48.0 Å². The molecule has 200 valence electrons. The fraction of sp³-hybridized carbons (Fsp3) is 0.310. The number of carbonyl (C=O) groups is 2. The number of hydrogen-bond acceptors (Lipinski definition) is 4. The maximum Gasteiger partial charge on any atom is 0.323 e. The second kappa shape index (κ2) is 12.8. The van der Waals surface area contributed by atoms with E-state index in [0.29, 0.717) is 25.4 Å².